The maximum absolute atomic E-state index is 9.23. The van der Waals surface area contributed by atoms with Gasteiger partial charge in [-0.25, -0.2) is 0 Å². The molecule has 2 heteroatoms. The van der Waals surface area contributed by atoms with Crippen molar-refractivity contribution in [3.63, 3.8) is 0 Å². The Hall–Kier alpha value is -1.02. The molecule has 2 nitrogen and oxygen atoms in total. The predicted octanol–water partition coefficient (Wildman–Crippen LogP) is 1.92. The third-order valence-corrected chi connectivity index (χ3v) is 3.91. The summed E-state index contributed by atoms with van der Waals surface area (Å²) in [5.41, 5.74) is 7.93. The van der Waals surface area contributed by atoms with E-state index in [1.807, 2.05) is 12.1 Å². The van der Waals surface area contributed by atoms with Crippen molar-refractivity contribution in [1.29, 1.82) is 0 Å². The standard InChI is InChI=1S/C12H15NO/c13-12(7-8-12)11(5-6-11)9-1-3-10(14)4-2-9/h1-4,14H,5-8,13H2. The highest BCUT2D eigenvalue weighted by molar-refractivity contribution is 5.42. The molecule has 2 aliphatic rings. The van der Waals surface area contributed by atoms with Gasteiger partial charge in [-0.2, -0.15) is 0 Å². The SMILES string of the molecule is NC1(C2(c3ccc(O)cc3)CC2)CC1. The summed E-state index contributed by atoms with van der Waals surface area (Å²) in [6.07, 6.45) is 4.75. The minimum Gasteiger partial charge on any atom is -0.508 e. The molecule has 0 radical (unpaired) electrons. The maximum Gasteiger partial charge on any atom is 0.115 e. The number of aromatic hydroxyl groups is 1. The van der Waals surface area contributed by atoms with Gasteiger partial charge in [0.2, 0.25) is 0 Å². The van der Waals surface area contributed by atoms with Gasteiger partial charge in [-0.05, 0) is 43.4 Å². The lowest BCUT2D eigenvalue weighted by Gasteiger charge is -2.23. The van der Waals surface area contributed by atoms with E-state index in [0.717, 1.165) is 12.8 Å². The Morgan fingerprint density at radius 3 is 2.00 bits per heavy atom. The number of rotatable bonds is 2. The molecule has 3 rings (SSSR count). The molecule has 0 atom stereocenters. The van der Waals surface area contributed by atoms with Crippen LogP contribution in [-0.4, -0.2) is 10.6 Å². The number of phenolic OH excluding ortho intramolecular Hbond substituents is 1. The summed E-state index contributed by atoms with van der Waals surface area (Å²) < 4.78 is 0. The first-order chi connectivity index (χ1) is 6.66. The monoisotopic (exact) mass is 189 g/mol. The average Bonchev–Trinajstić information content (AvgIpc) is 3.01. The van der Waals surface area contributed by atoms with Crippen LogP contribution in [0.2, 0.25) is 0 Å². The van der Waals surface area contributed by atoms with Gasteiger partial charge in [0.25, 0.3) is 0 Å². The van der Waals surface area contributed by atoms with Crippen molar-refractivity contribution in [3.8, 4) is 5.75 Å². The zero-order chi connectivity index (χ0) is 9.81. The van der Waals surface area contributed by atoms with Gasteiger partial charge in [-0.1, -0.05) is 12.1 Å². The molecule has 0 amide bonds. The molecule has 14 heavy (non-hydrogen) atoms. The number of benzene rings is 1. The Kier molecular flexibility index (Phi) is 1.37. The number of hydrogen-bond donors (Lipinski definition) is 2. The van der Waals surface area contributed by atoms with E-state index in [0.29, 0.717) is 5.75 Å². The van der Waals surface area contributed by atoms with E-state index in [-0.39, 0.29) is 11.0 Å². The molecule has 0 heterocycles. The molecule has 1 aromatic rings. The summed E-state index contributed by atoms with van der Waals surface area (Å²) in [7, 11) is 0. The van der Waals surface area contributed by atoms with Crippen LogP contribution >= 0.6 is 0 Å². The van der Waals surface area contributed by atoms with Crippen molar-refractivity contribution in [3.05, 3.63) is 29.8 Å². The highest BCUT2D eigenvalue weighted by Crippen LogP contribution is 2.63. The minimum absolute atomic E-state index is 0.0734. The highest BCUT2D eigenvalue weighted by Gasteiger charge is 2.63. The first-order valence-corrected chi connectivity index (χ1v) is 5.25. The smallest absolute Gasteiger partial charge is 0.115 e. The van der Waals surface area contributed by atoms with Crippen LogP contribution in [0.25, 0.3) is 0 Å². The Labute approximate surface area is 83.7 Å². The summed E-state index contributed by atoms with van der Waals surface area (Å²) in [6.45, 7) is 0. The number of nitrogens with two attached hydrogens (primary N) is 1. The van der Waals surface area contributed by atoms with Gasteiger partial charge in [0, 0.05) is 11.0 Å². The Morgan fingerprint density at radius 2 is 1.57 bits per heavy atom. The van der Waals surface area contributed by atoms with Crippen molar-refractivity contribution >= 4 is 0 Å². The zero-order valence-corrected chi connectivity index (χ0v) is 8.16. The molecular formula is C12H15NO. The second-order valence-corrected chi connectivity index (χ2v) is 4.79. The van der Waals surface area contributed by atoms with Gasteiger partial charge in [-0.15, -0.1) is 0 Å². The van der Waals surface area contributed by atoms with Crippen LogP contribution in [0, 0.1) is 0 Å². The van der Waals surface area contributed by atoms with E-state index >= 15 is 0 Å². The third-order valence-electron chi connectivity index (χ3n) is 3.91. The second-order valence-electron chi connectivity index (χ2n) is 4.79. The lowest BCUT2D eigenvalue weighted by Crippen LogP contribution is -2.37. The molecule has 3 N–H and O–H groups in total. The maximum atomic E-state index is 9.23. The molecule has 0 aliphatic heterocycles. The summed E-state index contributed by atoms with van der Waals surface area (Å²) in [5.74, 6) is 0.339. The minimum atomic E-state index is 0.0734. The van der Waals surface area contributed by atoms with E-state index in [9.17, 15) is 5.11 Å². The van der Waals surface area contributed by atoms with Crippen LogP contribution in [0.15, 0.2) is 24.3 Å². The predicted molar refractivity (Wildman–Crippen MR) is 55.2 cm³/mol. The Balaban J connectivity index is 1.99. The fourth-order valence-corrected chi connectivity index (χ4v) is 2.59. The molecule has 2 saturated carbocycles. The van der Waals surface area contributed by atoms with Gasteiger partial charge in [0.05, 0.1) is 0 Å². The van der Waals surface area contributed by atoms with Crippen LogP contribution in [0.1, 0.15) is 31.2 Å². The average molecular weight is 189 g/mol. The van der Waals surface area contributed by atoms with Crippen LogP contribution in [0.3, 0.4) is 0 Å². The summed E-state index contributed by atoms with van der Waals surface area (Å²) >= 11 is 0. The number of phenols is 1. The van der Waals surface area contributed by atoms with E-state index in [2.05, 4.69) is 0 Å². The summed E-state index contributed by atoms with van der Waals surface area (Å²) in [6, 6.07) is 7.58. The molecule has 0 unspecified atom stereocenters. The van der Waals surface area contributed by atoms with Crippen LogP contribution < -0.4 is 5.73 Å². The lowest BCUT2D eigenvalue weighted by atomic mass is 9.86. The topological polar surface area (TPSA) is 46.2 Å². The molecule has 0 saturated heterocycles. The zero-order valence-electron chi connectivity index (χ0n) is 8.16. The quantitative estimate of drug-likeness (QED) is 0.746. The normalized spacial score (nSPS) is 25.8. The third kappa shape index (κ3) is 0.947. The van der Waals surface area contributed by atoms with Crippen molar-refractivity contribution in [2.75, 3.05) is 0 Å². The van der Waals surface area contributed by atoms with E-state index in [1.165, 1.54) is 18.4 Å². The van der Waals surface area contributed by atoms with Gasteiger partial charge < -0.3 is 10.8 Å². The molecule has 1 aromatic carbocycles. The second kappa shape index (κ2) is 2.31. The molecular weight excluding hydrogens is 174 g/mol. The van der Waals surface area contributed by atoms with Gasteiger partial charge >= 0.3 is 0 Å². The molecule has 74 valence electrons. The Bertz CT molecular complexity index is 360. The fraction of sp³-hybridized carbons (Fsp3) is 0.500. The molecule has 2 aliphatic carbocycles. The highest BCUT2D eigenvalue weighted by atomic mass is 16.3. The summed E-state index contributed by atoms with van der Waals surface area (Å²) in [4.78, 5) is 0. The van der Waals surface area contributed by atoms with Crippen molar-refractivity contribution in [1.82, 2.24) is 0 Å². The van der Waals surface area contributed by atoms with Crippen molar-refractivity contribution in [2.24, 2.45) is 5.73 Å². The van der Waals surface area contributed by atoms with Crippen molar-refractivity contribution < 1.29 is 5.11 Å². The molecule has 0 spiro atoms. The summed E-state index contributed by atoms with van der Waals surface area (Å²) in [5, 5.41) is 9.23. The van der Waals surface area contributed by atoms with Gasteiger partial charge in [0.1, 0.15) is 5.75 Å². The van der Waals surface area contributed by atoms with E-state index in [1.54, 1.807) is 12.1 Å². The van der Waals surface area contributed by atoms with E-state index in [4.69, 9.17) is 5.73 Å². The first kappa shape index (κ1) is 8.30. The van der Waals surface area contributed by atoms with Crippen LogP contribution in [0.4, 0.5) is 0 Å². The molecule has 0 bridgehead atoms. The molecule has 0 aromatic heterocycles. The van der Waals surface area contributed by atoms with E-state index < -0.39 is 0 Å². The van der Waals surface area contributed by atoms with Crippen LogP contribution in [-0.2, 0) is 5.41 Å². The largest absolute Gasteiger partial charge is 0.508 e. The van der Waals surface area contributed by atoms with Crippen molar-refractivity contribution in [2.45, 2.75) is 36.6 Å². The lowest BCUT2D eigenvalue weighted by molar-refractivity contribution is 0.471. The fourth-order valence-electron chi connectivity index (χ4n) is 2.59. The number of hydrogen-bond acceptors (Lipinski definition) is 2. The van der Waals surface area contributed by atoms with Crippen LogP contribution in [0.5, 0.6) is 5.75 Å². The van der Waals surface area contributed by atoms with Gasteiger partial charge in [0.15, 0.2) is 0 Å². The Morgan fingerprint density at radius 1 is 1.00 bits per heavy atom. The molecule has 2 fully saturated rings. The van der Waals surface area contributed by atoms with Gasteiger partial charge in [-0.3, -0.25) is 0 Å². The first-order valence-electron chi connectivity index (χ1n) is 5.25.